The first-order chi connectivity index (χ1) is 7.53. The molecule has 0 aromatic carbocycles. The van der Waals surface area contributed by atoms with Crippen molar-refractivity contribution in [3.63, 3.8) is 0 Å². The Balaban J connectivity index is 2.81. The molecule has 1 aliphatic carbocycles. The molecule has 0 aliphatic heterocycles. The van der Waals surface area contributed by atoms with Crippen molar-refractivity contribution in [3.05, 3.63) is 0 Å². The van der Waals surface area contributed by atoms with Gasteiger partial charge in [-0.15, -0.1) is 0 Å². The Bertz CT molecular complexity index is 230. The van der Waals surface area contributed by atoms with E-state index < -0.39 is 0 Å². The molecule has 0 aromatic heterocycles. The van der Waals surface area contributed by atoms with E-state index in [2.05, 4.69) is 13.8 Å². The molecule has 2 N–H and O–H groups in total. The van der Waals surface area contributed by atoms with Crippen molar-refractivity contribution in [3.8, 4) is 0 Å². The average molecular weight is 226 g/mol. The van der Waals surface area contributed by atoms with E-state index in [1.54, 1.807) is 0 Å². The van der Waals surface area contributed by atoms with Gasteiger partial charge in [0.25, 0.3) is 0 Å². The summed E-state index contributed by atoms with van der Waals surface area (Å²) in [6.07, 6.45) is 6.74. The lowest BCUT2D eigenvalue weighted by molar-refractivity contribution is -0.142. The first-order valence-electron chi connectivity index (χ1n) is 6.51. The summed E-state index contributed by atoms with van der Waals surface area (Å²) in [5.74, 6) is 0.256. The van der Waals surface area contributed by atoms with E-state index in [9.17, 15) is 4.79 Å². The molecule has 1 aliphatic rings. The molecule has 0 heterocycles. The first kappa shape index (κ1) is 13.5. The van der Waals surface area contributed by atoms with Gasteiger partial charge in [0, 0.05) is 19.6 Å². The van der Waals surface area contributed by atoms with Crippen LogP contribution in [0, 0.1) is 5.41 Å². The van der Waals surface area contributed by atoms with Gasteiger partial charge in [0.15, 0.2) is 0 Å². The molecule has 0 radical (unpaired) electrons. The zero-order chi connectivity index (χ0) is 12.2. The summed E-state index contributed by atoms with van der Waals surface area (Å²) >= 11 is 0. The fourth-order valence-electron chi connectivity index (χ4n) is 2.52. The van der Waals surface area contributed by atoms with Crippen LogP contribution in [0.2, 0.25) is 0 Å². The minimum Gasteiger partial charge on any atom is -0.343 e. The number of amides is 1. The van der Waals surface area contributed by atoms with Gasteiger partial charge in [-0.2, -0.15) is 0 Å². The zero-order valence-electron chi connectivity index (χ0n) is 11.0. The van der Waals surface area contributed by atoms with Crippen LogP contribution in [0.5, 0.6) is 0 Å². The Morgan fingerprint density at radius 2 is 1.75 bits per heavy atom. The van der Waals surface area contributed by atoms with Crippen LogP contribution in [-0.2, 0) is 4.79 Å². The third-order valence-electron chi connectivity index (χ3n) is 4.00. The average Bonchev–Trinajstić information content (AvgIpc) is 2.53. The smallest absolute Gasteiger partial charge is 0.230 e. The summed E-state index contributed by atoms with van der Waals surface area (Å²) in [4.78, 5) is 14.4. The lowest BCUT2D eigenvalue weighted by Crippen LogP contribution is -2.48. The predicted octanol–water partition coefficient (Wildman–Crippen LogP) is 2.15. The fraction of sp³-hybridized carbons (Fsp3) is 0.923. The van der Waals surface area contributed by atoms with Gasteiger partial charge in [0.2, 0.25) is 5.91 Å². The highest BCUT2D eigenvalue weighted by Gasteiger charge is 2.39. The van der Waals surface area contributed by atoms with E-state index in [1.165, 1.54) is 12.8 Å². The molecule has 0 spiro atoms. The lowest BCUT2D eigenvalue weighted by Gasteiger charge is -2.36. The van der Waals surface area contributed by atoms with Gasteiger partial charge in [0.05, 0.1) is 5.41 Å². The van der Waals surface area contributed by atoms with Crippen LogP contribution >= 0.6 is 0 Å². The third kappa shape index (κ3) is 2.76. The van der Waals surface area contributed by atoms with Gasteiger partial charge >= 0.3 is 0 Å². The summed E-state index contributed by atoms with van der Waals surface area (Å²) in [5, 5.41) is 0. The van der Waals surface area contributed by atoms with Gasteiger partial charge in [-0.05, 0) is 26.7 Å². The van der Waals surface area contributed by atoms with Crippen molar-refractivity contribution in [1.82, 2.24) is 4.90 Å². The van der Waals surface area contributed by atoms with Crippen molar-refractivity contribution < 1.29 is 4.79 Å². The molecule has 3 heteroatoms. The van der Waals surface area contributed by atoms with Crippen LogP contribution in [0.3, 0.4) is 0 Å². The molecule has 16 heavy (non-hydrogen) atoms. The highest BCUT2D eigenvalue weighted by molar-refractivity contribution is 5.83. The third-order valence-corrected chi connectivity index (χ3v) is 4.00. The van der Waals surface area contributed by atoms with Crippen LogP contribution in [0.15, 0.2) is 0 Å². The summed E-state index contributed by atoms with van der Waals surface area (Å²) in [6.45, 7) is 4.61. The number of hydrogen-bond donors (Lipinski definition) is 1. The van der Waals surface area contributed by atoms with Gasteiger partial charge < -0.3 is 10.6 Å². The monoisotopic (exact) mass is 226 g/mol. The van der Waals surface area contributed by atoms with Crippen molar-refractivity contribution in [1.29, 1.82) is 0 Å². The van der Waals surface area contributed by atoms with E-state index in [0.717, 1.165) is 25.7 Å². The minimum atomic E-state index is -0.268. The highest BCUT2D eigenvalue weighted by Crippen LogP contribution is 2.36. The van der Waals surface area contributed by atoms with Crippen LogP contribution in [-0.4, -0.2) is 30.4 Å². The molecule has 94 valence electrons. The minimum absolute atomic E-state index is 0.256. The van der Waals surface area contributed by atoms with Crippen LogP contribution < -0.4 is 5.73 Å². The van der Waals surface area contributed by atoms with E-state index in [1.807, 2.05) is 11.9 Å². The second kappa shape index (κ2) is 5.67. The van der Waals surface area contributed by atoms with E-state index in [0.29, 0.717) is 6.54 Å². The van der Waals surface area contributed by atoms with Crippen molar-refractivity contribution in [2.75, 3.05) is 13.6 Å². The molecule has 0 aromatic rings. The number of hydrogen-bond acceptors (Lipinski definition) is 2. The molecule has 1 fully saturated rings. The Morgan fingerprint density at radius 1 is 1.25 bits per heavy atom. The first-order valence-corrected chi connectivity index (χ1v) is 6.51. The SMILES string of the molecule is CC(C)N(C)C(=O)C1(CN)CCCCCC1. The maximum Gasteiger partial charge on any atom is 0.230 e. The van der Waals surface area contributed by atoms with Crippen molar-refractivity contribution >= 4 is 5.91 Å². The van der Waals surface area contributed by atoms with Gasteiger partial charge in [-0.1, -0.05) is 25.7 Å². The second-order valence-corrected chi connectivity index (χ2v) is 5.41. The van der Waals surface area contributed by atoms with E-state index in [4.69, 9.17) is 5.73 Å². The molecule has 1 amide bonds. The number of nitrogens with zero attached hydrogens (tertiary/aromatic N) is 1. The van der Waals surface area contributed by atoms with Gasteiger partial charge in [0.1, 0.15) is 0 Å². The van der Waals surface area contributed by atoms with Crippen LogP contribution in [0.1, 0.15) is 52.4 Å². The molecule has 0 saturated heterocycles. The standard InChI is InChI=1S/C13H26N2O/c1-11(2)15(3)12(16)13(10-14)8-6-4-5-7-9-13/h11H,4-10,14H2,1-3H3. The predicted molar refractivity (Wildman–Crippen MR) is 67.1 cm³/mol. The highest BCUT2D eigenvalue weighted by atomic mass is 16.2. The summed E-state index contributed by atoms with van der Waals surface area (Å²) in [6, 6.07) is 0.263. The molecule has 3 nitrogen and oxygen atoms in total. The Kier molecular flexibility index (Phi) is 4.78. The topological polar surface area (TPSA) is 46.3 Å². The second-order valence-electron chi connectivity index (χ2n) is 5.41. The molecule has 0 atom stereocenters. The Hall–Kier alpha value is -0.570. The number of rotatable bonds is 3. The fourth-order valence-corrected chi connectivity index (χ4v) is 2.52. The Labute approximate surface area is 99.4 Å². The quantitative estimate of drug-likeness (QED) is 0.750. The summed E-state index contributed by atoms with van der Waals surface area (Å²) in [5.41, 5.74) is 5.63. The van der Waals surface area contributed by atoms with Gasteiger partial charge in [-0.3, -0.25) is 4.79 Å². The molecule has 0 unspecified atom stereocenters. The maximum atomic E-state index is 12.5. The van der Waals surface area contributed by atoms with Crippen molar-refractivity contribution in [2.24, 2.45) is 11.1 Å². The molecular formula is C13H26N2O. The van der Waals surface area contributed by atoms with Crippen LogP contribution in [0.4, 0.5) is 0 Å². The molecule has 1 saturated carbocycles. The summed E-state index contributed by atoms with van der Waals surface area (Å²) in [7, 11) is 1.90. The summed E-state index contributed by atoms with van der Waals surface area (Å²) < 4.78 is 0. The van der Waals surface area contributed by atoms with Crippen molar-refractivity contribution in [2.45, 2.75) is 58.4 Å². The lowest BCUT2D eigenvalue weighted by atomic mass is 9.79. The number of carbonyl (C=O) groups excluding carboxylic acids is 1. The maximum absolute atomic E-state index is 12.5. The zero-order valence-corrected chi connectivity index (χ0v) is 11.0. The number of carbonyl (C=O) groups is 1. The largest absolute Gasteiger partial charge is 0.343 e. The van der Waals surface area contributed by atoms with E-state index >= 15 is 0 Å². The molecular weight excluding hydrogens is 200 g/mol. The van der Waals surface area contributed by atoms with E-state index in [-0.39, 0.29) is 17.4 Å². The van der Waals surface area contributed by atoms with Crippen LogP contribution in [0.25, 0.3) is 0 Å². The number of nitrogens with two attached hydrogens (primary N) is 1. The Morgan fingerprint density at radius 3 is 2.12 bits per heavy atom. The molecule has 0 bridgehead atoms. The van der Waals surface area contributed by atoms with Gasteiger partial charge in [-0.25, -0.2) is 0 Å². The normalized spacial score (nSPS) is 20.6. The molecule has 1 rings (SSSR count).